The van der Waals surface area contributed by atoms with Gasteiger partial charge in [0.15, 0.2) is 4.34 Å². The third kappa shape index (κ3) is 6.43. The molecule has 1 aliphatic heterocycles. The number of hydrogen-bond acceptors (Lipinski definition) is 7. The number of halogens is 1. The van der Waals surface area contributed by atoms with Gasteiger partial charge in [-0.25, -0.2) is 4.98 Å². The van der Waals surface area contributed by atoms with E-state index in [1.165, 1.54) is 23.1 Å². The van der Waals surface area contributed by atoms with E-state index < -0.39 is 0 Å². The molecule has 0 bridgehead atoms. The fourth-order valence-electron chi connectivity index (χ4n) is 3.65. The van der Waals surface area contributed by atoms with Gasteiger partial charge in [0.25, 0.3) is 0 Å². The maximum absolute atomic E-state index is 12.8. The topological polar surface area (TPSA) is 74.8 Å². The first-order valence-corrected chi connectivity index (χ1v) is 13.0. The third-order valence-electron chi connectivity index (χ3n) is 5.38. The lowest BCUT2D eigenvalue weighted by Gasteiger charge is -2.36. The summed E-state index contributed by atoms with van der Waals surface area (Å²) in [6.07, 6.45) is 0.267. The highest BCUT2D eigenvalue weighted by Crippen LogP contribution is 2.28. The van der Waals surface area contributed by atoms with Gasteiger partial charge in [0, 0.05) is 42.3 Å². The van der Waals surface area contributed by atoms with Crippen molar-refractivity contribution in [3.05, 3.63) is 64.6 Å². The average molecular weight is 517 g/mol. The number of hydrogen-bond donors (Lipinski definition) is 1. The standard InChI is InChI=1S/C24H25ClN4O3S2/c1-32-21-5-3-2-4-20(21)28-10-12-29(13-11-28)23(31)14-19-15-33-24(27-19)34-16-22(30)26-18-8-6-17(25)7-9-18/h2-9,15H,10-14,16H2,1H3,(H,26,30). The summed E-state index contributed by atoms with van der Waals surface area (Å²) in [7, 11) is 1.67. The number of nitrogens with one attached hydrogen (secondary N) is 1. The van der Waals surface area contributed by atoms with Gasteiger partial charge in [-0.2, -0.15) is 0 Å². The molecule has 0 saturated carbocycles. The van der Waals surface area contributed by atoms with Gasteiger partial charge < -0.3 is 19.9 Å². The summed E-state index contributed by atoms with van der Waals surface area (Å²) in [4.78, 5) is 33.6. The van der Waals surface area contributed by atoms with Crippen LogP contribution in [0.1, 0.15) is 5.69 Å². The number of rotatable bonds is 8. The van der Waals surface area contributed by atoms with Gasteiger partial charge in [-0.15, -0.1) is 11.3 Å². The lowest BCUT2D eigenvalue weighted by atomic mass is 10.2. The van der Waals surface area contributed by atoms with Crippen LogP contribution in [0, 0.1) is 0 Å². The lowest BCUT2D eigenvalue weighted by Crippen LogP contribution is -2.49. The monoisotopic (exact) mass is 516 g/mol. The van der Waals surface area contributed by atoms with Crippen LogP contribution in [-0.4, -0.2) is 60.7 Å². The Hall–Kier alpha value is -2.75. The van der Waals surface area contributed by atoms with E-state index in [9.17, 15) is 9.59 Å². The van der Waals surface area contributed by atoms with Crippen molar-refractivity contribution in [2.75, 3.05) is 49.3 Å². The predicted octanol–water partition coefficient (Wildman–Crippen LogP) is 4.43. The molecule has 3 aromatic rings. The number of nitrogens with zero attached hydrogens (tertiary/aromatic N) is 3. The van der Waals surface area contributed by atoms with Crippen molar-refractivity contribution < 1.29 is 14.3 Å². The molecule has 0 aliphatic carbocycles. The number of para-hydroxylation sites is 2. The minimum Gasteiger partial charge on any atom is -0.495 e. The molecule has 2 aromatic carbocycles. The van der Waals surface area contributed by atoms with Gasteiger partial charge in [0.2, 0.25) is 11.8 Å². The molecule has 0 spiro atoms. The van der Waals surface area contributed by atoms with Crippen LogP contribution in [0.25, 0.3) is 0 Å². The van der Waals surface area contributed by atoms with Crippen LogP contribution in [0.4, 0.5) is 11.4 Å². The zero-order chi connectivity index (χ0) is 23.9. The van der Waals surface area contributed by atoms with E-state index in [1.54, 1.807) is 31.4 Å². The Morgan fingerprint density at radius 1 is 1.12 bits per heavy atom. The molecular weight excluding hydrogens is 492 g/mol. The number of amides is 2. The van der Waals surface area contributed by atoms with Gasteiger partial charge in [0.1, 0.15) is 5.75 Å². The van der Waals surface area contributed by atoms with E-state index >= 15 is 0 Å². The molecule has 1 fully saturated rings. The molecule has 0 radical (unpaired) electrons. The second-order valence-electron chi connectivity index (χ2n) is 7.66. The molecule has 2 amide bonds. The van der Waals surface area contributed by atoms with Crippen molar-refractivity contribution in [2.24, 2.45) is 0 Å². The van der Waals surface area contributed by atoms with Crippen LogP contribution in [0.3, 0.4) is 0 Å². The molecule has 1 saturated heterocycles. The Morgan fingerprint density at radius 3 is 2.59 bits per heavy atom. The summed E-state index contributed by atoms with van der Waals surface area (Å²) < 4.78 is 6.23. The molecule has 1 aromatic heterocycles. The van der Waals surface area contributed by atoms with Crippen LogP contribution in [0.15, 0.2) is 58.3 Å². The van der Waals surface area contributed by atoms with Gasteiger partial charge in [-0.05, 0) is 36.4 Å². The highest BCUT2D eigenvalue weighted by Gasteiger charge is 2.23. The molecule has 178 valence electrons. The largest absolute Gasteiger partial charge is 0.495 e. The number of ether oxygens (including phenoxy) is 1. The van der Waals surface area contributed by atoms with E-state index in [-0.39, 0.29) is 24.0 Å². The fraction of sp³-hybridized carbons (Fsp3) is 0.292. The Morgan fingerprint density at radius 2 is 1.85 bits per heavy atom. The Balaban J connectivity index is 1.23. The Labute approximate surface area is 212 Å². The number of aromatic nitrogens is 1. The average Bonchev–Trinajstić information content (AvgIpc) is 3.31. The second-order valence-corrected chi connectivity index (χ2v) is 10.2. The van der Waals surface area contributed by atoms with E-state index in [4.69, 9.17) is 16.3 Å². The minimum absolute atomic E-state index is 0.0713. The first-order valence-electron chi connectivity index (χ1n) is 10.8. The van der Waals surface area contributed by atoms with Gasteiger partial charge in [-0.1, -0.05) is 35.5 Å². The number of thioether (sulfide) groups is 1. The summed E-state index contributed by atoms with van der Waals surface area (Å²) in [6.45, 7) is 2.83. The zero-order valence-electron chi connectivity index (χ0n) is 18.7. The summed E-state index contributed by atoms with van der Waals surface area (Å²) in [6, 6.07) is 14.9. The number of thiazole rings is 1. The van der Waals surface area contributed by atoms with Gasteiger partial charge in [0.05, 0.1) is 30.7 Å². The first kappa shape index (κ1) is 24.4. The van der Waals surface area contributed by atoms with Gasteiger partial charge >= 0.3 is 0 Å². The van der Waals surface area contributed by atoms with Gasteiger partial charge in [-0.3, -0.25) is 9.59 Å². The highest BCUT2D eigenvalue weighted by atomic mass is 35.5. The zero-order valence-corrected chi connectivity index (χ0v) is 21.1. The molecule has 10 heteroatoms. The molecule has 2 heterocycles. The molecule has 1 aliphatic rings. The smallest absolute Gasteiger partial charge is 0.234 e. The van der Waals surface area contributed by atoms with Crippen molar-refractivity contribution in [3.8, 4) is 5.75 Å². The van der Waals surface area contributed by atoms with Crippen molar-refractivity contribution in [3.63, 3.8) is 0 Å². The summed E-state index contributed by atoms with van der Waals surface area (Å²) >= 11 is 8.68. The maximum atomic E-state index is 12.8. The second kappa shape index (κ2) is 11.6. The summed E-state index contributed by atoms with van der Waals surface area (Å²) in [5.74, 6) is 1.04. The normalized spacial score (nSPS) is 13.6. The van der Waals surface area contributed by atoms with Crippen LogP contribution in [0.5, 0.6) is 5.75 Å². The highest BCUT2D eigenvalue weighted by molar-refractivity contribution is 8.01. The minimum atomic E-state index is -0.118. The molecule has 7 nitrogen and oxygen atoms in total. The molecule has 0 unspecified atom stereocenters. The molecule has 4 rings (SSSR count). The Kier molecular flexibility index (Phi) is 8.31. The number of carbonyl (C=O) groups excluding carboxylic acids is 2. The molecular formula is C24H25ClN4O3S2. The molecule has 1 N–H and O–H groups in total. The van der Waals surface area contributed by atoms with Crippen LogP contribution >= 0.6 is 34.7 Å². The summed E-state index contributed by atoms with van der Waals surface area (Å²) in [5.41, 5.74) is 2.49. The fourth-order valence-corrected chi connectivity index (χ4v) is 5.42. The number of benzene rings is 2. The van der Waals surface area contributed by atoms with Crippen LogP contribution in [-0.2, 0) is 16.0 Å². The van der Waals surface area contributed by atoms with E-state index in [0.717, 1.165) is 34.6 Å². The number of anilines is 2. The predicted molar refractivity (Wildman–Crippen MR) is 138 cm³/mol. The van der Waals surface area contributed by atoms with E-state index in [1.807, 2.05) is 34.5 Å². The van der Waals surface area contributed by atoms with Crippen molar-refractivity contribution in [1.29, 1.82) is 0 Å². The first-order chi connectivity index (χ1) is 16.5. The van der Waals surface area contributed by atoms with Crippen molar-refractivity contribution in [2.45, 2.75) is 10.8 Å². The number of carbonyl (C=O) groups is 2. The Bertz CT molecular complexity index is 1130. The SMILES string of the molecule is COc1ccccc1N1CCN(C(=O)Cc2csc(SCC(=O)Nc3ccc(Cl)cc3)n2)CC1. The number of methoxy groups -OCH3 is 1. The lowest BCUT2D eigenvalue weighted by molar-refractivity contribution is -0.130. The number of piperazine rings is 1. The van der Waals surface area contributed by atoms with Crippen molar-refractivity contribution >= 4 is 57.9 Å². The van der Waals surface area contributed by atoms with Crippen LogP contribution in [0.2, 0.25) is 5.02 Å². The molecule has 0 atom stereocenters. The maximum Gasteiger partial charge on any atom is 0.234 e. The molecule has 34 heavy (non-hydrogen) atoms. The van der Waals surface area contributed by atoms with Crippen molar-refractivity contribution in [1.82, 2.24) is 9.88 Å². The van der Waals surface area contributed by atoms with Crippen LogP contribution < -0.4 is 15.0 Å². The quantitative estimate of drug-likeness (QED) is 0.446. The summed E-state index contributed by atoms with van der Waals surface area (Å²) in [5, 5.41) is 5.34. The third-order valence-corrected chi connectivity index (χ3v) is 7.70. The van der Waals surface area contributed by atoms with E-state index in [0.29, 0.717) is 23.8 Å². The van der Waals surface area contributed by atoms with E-state index in [2.05, 4.69) is 15.2 Å².